The van der Waals surface area contributed by atoms with Crippen LogP contribution >= 0.6 is 0 Å². The van der Waals surface area contributed by atoms with Crippen molar-refractivity contribution < 1.29 is 18.0 Å². The molecule has 0 bridgehead atoms. The van der Waals surface area contributed by atoms with Crippen molar-refractivity contribution in [2.24, 2.45) is 5.73 Å². The fourth-order valence-corrected chi connectivity index (χ4v) is 1.70. The van der Waals surface area contributed by atoms with E-state index < -0.39 is 23.4 Å². The van der Waals surface area contributed by atoms with Gasteiger partial charge in [0.2, 0.25) is 5.91 Å². The van der Waals surface area contributed by atoms with Crippen LogP contribution in [0.1, 0.15) is 15.9 Å². The van der Waals surface area contributed by atoms with Crippen LogP contribution < -0.4 is 11.1 Å². The molecule has 3 N–H and O–H groups in total. The summed E-state index contributed by atoms with van der Waals surface area (Å²) < 4.78 is 40.4. The van der Waals surface area contributed by atoms with Crippen LogP contribution in [0.2, 0.25) is 0 Å². The molecular weight excluding hydrogens is 269 g/mol. The van der Waals surface area contributed by atoms with Crippen molar-refractivity contribution in [3.8, 4) is 0 Å². The highest BCUT2D eigenvalue weighted by molar-refractivity contribution is 5.93. The smallest absolute Gasteiger partial charge is 0.248 e. The maximum atomic E-state index is 13.5. The van der Waals surface area contributed by atoms with E-state index in [-0.39, 0.29) is 23.4 Å². The van der Waals surface area contributed by atoms with Gasteiger partial charge in [0.15, 0.2) is 0 Å². The average molecular weight is 280 g/mol. The molecule has 1 amide bonds. The number of halogens is 3. The number of hydrogen-bond acceptors (Lipinski definition) is 2. The number of benzene rings is 2. The lowest BCUT2D eigenvalue weighted by Gasteiger charge is -2.10. The molecular formula is C14H11F3N2O. The van der Waals surface area contributed by atoms with Crippen LogP contribution in [0.15, 0.2) is 36.4 Å². The van der Waals surface area contributed by atoms with Crippen molar-refractivity contribution in [1.82, 2.24) is 0 Å². The SMILES string of the molecule is NC(=O)c1ccc(F)c(NCc2c(F)cccc2F)c1. The Morgan fingerprint density at radius 3 is 2.30 bits per heavy atom. The van der Waals surface area contributed by atoms with Gasteiger partial charge in [-0.25, -0.2) is 13.2 Å². The van der Waals surface area contributed by atoms with Gasteiger partial charge < -0.3 is 11.1 Å². The molecule has 0 aliphatic carbocycles. The molecule has 0 aromatic heterocycles. The number of rotatable bonds is 4. The minimum Gasteiger partial charge on any atom is -0.378 e. The molecule has 20 heavy (non-hydrogen) atoms. The van der Waals surface area contributed by atoms with Gasteiger partial charge in [-0.15, -0.1) is 0 Å². The number of hydrogen-bond donors (Lipinski definition) is 2. The van der Waals surface area contributed by atoms with Crippen molar-refractivity contribution in [2.45, 2.75) is 6.54 Å². The molecule has 2 rings (SSSR count). The molecule has 0 aliphatic rings. The van der Waals surface area contributed by atoms with Crippen LogP contribution in [0.3, 0.4) is 0 Å². The summed E-state index contributed by atoms with van der Waals surface area (Å²) in [4.78, 5) is 11.0. The Labute approximate surface area is 113 Å². The van der Waals surface area contributed by atoms with Crippen molar-refractivity contribution in [2.75, 3.05) is 5.32 Å². The summed E-state index contributed by atoms with van der Waals surface area (Å²) in [5.41, 5.74) is 4.92. The third-order valence-electron chi connectivity index (χ3n) is 2.77. The second-order valence-electron chi connectivity index (χ2n) is 4.11. The van der Waals surface area contributed by atoms with Crippen molar-refractivity contribution in [3.63, 3.8) is 0 Å². The lowest BCUT2D eigenvalue weighted by atomic mass is 10.1. The van der Waals surface area contributed by atoms with E-state index >= 15 is 0 Å². The van der Waals surface area contributed by atoms with E-state index in [1.54, 1.807) is 0 Å². The van der Waals surface area contributed by atoms with Gasteiger partial charge in [0.1, 0.15) is 17.5 Å². The Bertz CT molecular complexity index is 639. The van der Waals surface area contributed by atoms with E-state index in [0.29, 0.717) is 0 Å². The third kappa shape index (κ3) is 2.90. The average Bonchev–Trinajstić information content (AvgIpc) is 2.39. The molecule has 0 unspecified atom stereocenters. The fourth-order valence-electron chi connectivity index (χ4n) is 1.70. The first-order chi connectivity index (χ1) is 9.49. The molecule has 0 saturated carbocycles. The minimum atomic E-state index is -0.732. The number of anilines is 1. The zero-order valence-electron chi connectivity index (χ0n) is 10.3. The molecule has 0 saturated heterocycles. The van der Waals surface area contributed by atoms with E-state index in [2.05, 4.69) is 5.32 Å². The first-order valence-corrected chi connectivity index (χ1v) is 5.75. The van der Waals surface area contributed by atoms with Crippen LogP contribution in [0, 0.1) is 17.5 Å². The minimum absolute atomic E-state index is 0.0519. The molecule has 0 heterocycles. The summed E-state index contributed by atoms with van der Waals surface area (Å²) in [6.07, 6.45) is 0. The van der Waals surface area contributed by atoms with Crippen molar-refractivity contribution >= 4 is 11.6 Å². The number of carbonyl (C=O) groups is 1. The van der Waals surface area contributed by atoms with E-state index in [4.69, 9.17) is 5.73 Å². The van der Waals surface area contributed by atoms with Crippen LogP contribution in [-0.2, 0) is 6.54 Å². The van der Waals surface area contributed by atoms with Crippen LogP contribution in [-0.4, -0.2) is 5.91 Å². The molecule has 104 valence electrons. The summed E-state index contributed by atoms with van der Waals surface area (Å²) in [6, 6.07) is 6.93. The quantitative estimate of drug-likeness (QED) is 0.904. The summed E-state index contributed by atoms with van der Waals surface area (Å²) in [6.45, 7) is -0.252. The molecule has 0 fully saturated rings. The Morgan fingerprint density at radius 1 is 1.05 bits per heavy atom. The highest BCUT2D eigenvalue weighted by Crippen LogP contribution is 2.19. The standard InChI is InChI=1S/C14H11F3N2O/c15-10-2-1-3-11(16)9(10)7-19-13-6-8(14(18)20)4-5-12(13)17/h1-6,19H,7H2,(H2,18,20). The number of nitrogens with one attached hydrogen (secondary N) is 1. The Hall–Kier alpha value is -2.50. The van der Waals surface area contributed by atoms with Gasteiger partial charge in [0.25, 0.3) is 0 Å². The second kappa shape index (κ2) is 5.64. The molecule has 2 aromatic rings. The van der Waals surface area contributed by atoms with Crippen LogP contribution in [0.5, 0.6) is 0 Å². The number of primary amides is 1. The third-order valence-corrected chi connectivity index (χ3v) is 2.77. The van der Waals surface area contributed by atoms with Gasteiger partial charge in [-0.1, -0.05) is 6.07 Å². The highest BCUT2D eigenvalue weighted by Gasteiger charge is 2.11. The van der Waals surface area contributed by atoms with E-state index in [0.717, 1.165) is 18.2 Å². The molecule has 0 atom stereocenters. The Kier molecular flexibility index (Phi) is 3.93. The van der Waals surface area contributed by atoms with Gasteiger partial charge in [0, 0.05) is 17.7 Å². The first kappa shape index (κ1) is 13.9. The summed E-state index contributed by atoms with van der Waals surface area (Å²) >= 11 is 0. The van der Waals surface area contributed by atoms with E-state index in [1.165, 1.54) is 18.2 Å². The predicted octanol–water partition coefficient (Wildman–Crippen LogP) is 2.81. The summed E-state index contributed by atoms with van der Waals surface area (Å²) in [7, 11) is 0. The molecule has 2 aromatic carbocycles. The van der Waals surface area contributed by atoms with Crippen LogP contribution in [0.25, 0.3) is 0 Å². The maximum Gasteiger partial charge on any atom is 0.248 e. The monoisotopic (exact) mass is 280 g/mol. The van der Waals surface area contributed by atoms with Gasteiger partial charge in [-0.3, -0.25) is 4.79 Å². The molecule has 0 aliphatic heterocycles. The van der Waals surface area contributed by atoms with Gasteiger partial charge in [0.05, 0.1) is 5.69 Å². The van der Waals surface area contributed by atoms with Crippen LogP contribution in [0.4, 0.5) is 18.9 Å². The summed E-state index contributed by atoms with van der Waals surface area (Å²) in [5.74, 6) is -2.83. The fraction of sp³-hybridized carbons (Fsp3) is 0.0714. The Morgan fingerprint density at radius 2 is 1.70 bits per heavy atom. The first-order valence-electron chi connectivity index (χ1n) is 5.75. The lowest BCUT2D eigenvalue weighted by Crippen LogP contribution is -2.12. The zero-order valence-corrected chi connectivity index (χ0v) is 10.3. The normalized spacial score (nSPS) is 10.3. The zero-order chi connectivity index (χ0) is 14.7. The second-order valence-corrected chi connectivity index (χ2v) is 4.11. The molecule has 0 radical (unpaired) electrons. The largest absolute Gasteiger partial charge is 0.378 e. The van der Waals surface area contributed by atoms with Gasteiger partial charge >= 0.3 is 0 Å². The Balaban J connectivity index is 2.23. The number of amides is 1. The number of nitrogens with two attached hydrogens (primary N) is 1. The maximum absolute atomic E-state index is 13.5. The molecule has 6 heteroatoms. The van der Waals surface area contributed by atoms with Crippen molar-refractivity contribution in [3.05, 3.63) is 65.0 Å². The molecule has 3 nitrogen and oxygen atoms in total. The van der Waals surface area contributed by atoms with E-state index in [1.807, 2.05) is 0 Å². The summed E-state index contributed by atoms with van der Waals surface area (Å²) in [5, 5.41) is 2.54. The lowest BCUT2D eigenvalue weighted by molar-refractivity contribution is 0.100. The van der Waals surface area contributed by atoms with E-state index in [9.17, 15) is 18.0 Å². The highest BCUT2D eigenvalue weighted by atomic mass is 19.1. The number of carbonyl (C=O) groups excluding carboxylic acids is 1. The van der Waals surface area contributed by atoms with Crippen molar-refractivity contribution in [1.29, 1.82) is 0 Å². The topological polar surface area (TPSA) is 55.1 Å². The molecule has 0 spiro atoms. The van der Waals surface area contributed by atoms with Gasteiger partial charge in [-0.2, -0.15) is 0 Å². The predicted molar refractivity (Wildman–Crippen MR) is 68.6 cm³/mol. The van der Waals surface area contributed by atoms with Gasteiger partial charge in [-0.05, 0) is 30.3 Å².